The molecule has 3 nitrogen and oxygen atoms in total. The van der Waals surface area contributed by atoms with E-state index in [-0.39, 0.29) is 5.92 Å². The maximum absolute atomic E-state index is 12.3. The molecule has 0 spiro atoms. The largest absolute Gasteiger partial charge is 0.340 e. The zero-order valence-electron chi connectivity index (χ0n) is 10.1. The molecule has 2 aliphatic rings. The van der Waals surface area contributed by atoms with E-state index in [0.29, 0.717) is 11.2 Å². The summed E-state index contributed by atoms with van der Waals surface area (Å²) in [6.07, 6.45) is 3.40. The minimum atomic E-state index is 0.245. The van der Waals surface area contributed by atoms with Gasteiger partial charge in [0.05, 0.1) is 5.92 Å². The average Bonchev–Trinajstić information content (AvgIpc) is 2.39. The monoisotopic (exact) mass is 242 g/mol. The topological polar surface area (TPSA) is 32.3 Å². The quantitative estimate of drug-likeness (QED) is 0.793. The highest BCUT2D eigenvalue weighted by Crippen LogP contribution is 2.23. The third-order valence-electron chi connectivity index (χ3n) is 3.55. The summed E-state index contributed by atoms with van der Waals surface area (Å²) < 4.78 is 0. The summed E-state index contributed by atoms with van der Waals surface area (Å²) in [4.78, 5) is 14.4. The zero-order chi connectivity index (χ0) is 11.4. The molecule has 2 aliphatic heterocycles. The average molecular weight is 242 g/mol. The van der Waals surface area contributed by atoms with Gasteiger partial charge in [-0.2, -0.15) is 11.8 Å². The highest BCUT2D eigenvalue weighted by Gasteiger charge is 2.29. The molecular weight excluding hydrogens is 220 g/mol. The number of nitrogens with zero attached hydrogens (tertiary/aromatic N) is 1. The van der Waals surface area contributed by atoms with Crippen LogP contribution in [0.15, 0.2) is 0 Å². The number of hydrogen-bond donors (Lipinski definition) is 1. The lowest BCUT2D eigenvalue weighted by molar-refractivity contribution is -0.136. The van der Waals surface area contributed by atoms with E-state index in [4.69, 9.17) is 0 Å². The van der Waals surface area contributed by atoms with E-state index in [1.54, 1.807) is 0 Å². The highest BCUT2D eigenvalue weighted by atomic mass is 32.2. The Morgan fingerprint density at radius 3 is 3.12 bits per heavy atom. The molecule has 92 valence electrons. The van der Waals surface area contributed by atoms with Crippen LogP contribution < -0.4 is 5.32 Å². The normalized spacial score (nSPS) is 31.4. The fourth-order valence-corrected chi connectivity index (χ4v) is 3.67. The molecule has 1 unspecified atom stereocenters. The fourth-order valence-electron chi connectivity index (χ4n) is 2.49. The number of piperidine rings is 1. The molecule has 1 N–H and O–H groups in total. The van der Waals surface area contributed by atoms with Gasteiger partial charge in [0.1, 0.15) is 0 Å². The van der Waals surface area contributed by atoms with Crippen LogP contribution in [0.5, 0.6) is 0 Å². The van der Waals surface area contributed by atoms with Crippen molar-refractivity contribution in [1.29, 1.82) is 0 Å². The zero-order valence-corrected chi connectivity index (χ0v) is 10.9. The van der Waals surface area contributed by atoms with Crippen LogP contribution in [0.25, 0.3) is 0 Å². The van der Waals surface area contributed by atoms with Crippen LogP contribution in [0.4, 0.5) is 0 Å². The Kier molecular flexibility index (Phi) is 4.53. The molecule has 2 saturated heterocycles. The summed E-state index contributed by atoms with van der Waals surface area (Å²) in [5.41, 5.74) is 0. The third-order valence-corrected chi connectivity index (χ3v) is 4.92. The van der Waals surface area contributed by atoms with Crippen LogP contribution in [0.2, 0.25) is 0 Å². The molecule has 1 amide bonds. The molecule has 2 fully saturated rings. The van der Waals surface area contributed by atoms with Gasteiger partial charge >= 0.3 is 0 Å². The van der Waals surface area contributed by atoms with Gasteiger partial charge in [-0.25, -0.2) is 0 Å². The van der Waals surface area contributed by atoms with Gasteiger partial charge < -0.3 is 10.2 Å². The molecular formula is C12H22N2OS. The predicted octanol–water partition coefficient (Wildman–Crippen LogP) is 1.34. The summed E-state index contributed by atoms with van der Waals surface area (Å²) in [6.45, 7) is 6.11. The molecule has 0 aromatic carbocycles. The van der Waals surface area contributed by atoms with Crippen LogP contribution >= 0.6 is 11.8 Å². The van der Waals surface area contributed by atoms with Crippen LogP contribution in [-0.2, 0) is 4.79 Å². The minimum absolute atomic E-state index is 0.245. The molecule has 16 heavy (non-hydrogen) atoms. The molecule has 2 atom stereocenters. The number of carbonyl (C=O) groups is 1. The Morgan fingerprint density at radius 2 is 2.44 bits per heavy atom. The van der Waals surface area contributed by atoms with Crippen molar-refractivity contribution >= 4 is 17.7 Å². The smallest absolute Gasteiger partial charge is 0.227 e. The van der Waals surface area contributed by atoms with Gasteiger partial charge in [-0.05, 0) is 25.8 Å². The van der Waals surface area contributed by atoms with Crippen molar-refractivity contribution < 1.29 is 4.79 Å². The molecule has 0 aromatic heterocycles. The number of hydrogen-bond acceptors (Lipinski definition) is 3. The first-order chi connectivity index (χ1) is 7.81. The summed E-state index contributed by atoms with van der Waals surface area (Å²) in [7, 11) is 0. The second-order valence-corrected chi connectivity index (χ2v) is 6.14. The van der Waals surface area contributed by atoms with Gasteiger partial charge in [0.15, 0.2) is 0 Å². The number of thioether (sulfide) groups is 1. The molecule has 0 bridgehead atoms. The number of amides is 1. The Bertz CT molecular complexity index is 241. The lowest BCUT2D eigenvalue weighted by Gasteiger charge is -2.35. The van der Waals surface area contributed by atoms with Crippen LogP contribution in [0, 0.1) is 5.92 Å². The molecule has 4 heteroatoms. The van der Waals surface area contributed by atoms with Crippen molar-refractivity contribution in [2.75, 3.05) is 31.9 Å². The first kappa shape index (κ1) is 12.2. The summed E-state index contributed by atoms with van der Waals surface area (Å²) >= 11 is 2.02. The van der Waals surface area contributed by atoms with Crippen molar-refractivity contribution in [3.05, 3.63) is 0 Å². The standard InChI is InChI=1S/C12H22N2OS/c1-2-11-9-14(6-7-16-11)12(15)10-4-3-5-13-8-10/h10-11,13H,2-9H2,1H3/t10-,11?/m0/s1. The Hall–Kier alpha value is -0.220. The van der Waals surface area contributed by atoms with Crippen molar-refractivity contribution in [3.63, 3.8) is 0 Å². The maximum atomic E-state index is 12.3. The lowest BCUT2D eigenvalue weighted by atomic mass is 9.98. The van der Waals surface area contributed by atoms with Crippen LogP contribution in [0.3, 0.4) is 0 Å². The van der Waals surface area contributed by atoms with Gasteiger partial charge in [-0.3, -0.25) is 4.79 Å². The highest BCUT2D eigenvalue weighted by molar-refractivity contribution is 8.00. The Labute approximate surface area is 102 Å². The molecule has 0 saturated carbocycles. The lowest BCUT2D eigenvalue weighted by Crippen LogP contribution is -2.48. The molecule has 0 radical (unpaired) electrons. The predicted molar refractivity (Wildman–Crippen MR) is 68.7 cm³/mol. The molecule has 0 aromatic rings. The van der Waals surface area contributed by atoms with Gasteiger partial charge in [0.2, 0.25) is 5.91 Å². The van der Waals surface area contributed by atoms with Crippen molar-refractivity contribution in [2.45, 2.75) is 31.4 Å². The van der Waals surface area contributed by atoms with Crippen molar-refractivity contribution in [2.24, 2.45) is 5.92 Å². The van der Waals surface area contributed by atoms with Crippen molar-refractivity contribution in [3.8, 4) is 0 Å². The van der Waals surface area contributed by atoms with E-state index in [1.807, 2.05) is 11.8 Å². The van der Waals surface area contributed by atoms with E-state index in [1.165, 1.54) is 6.42 Å². The SMILES string of the molecule is CCC1CN(C(=O)[C@H]2CCCNC2)CCS1. The van der Waals surface area contributed by atoms with E-state index >= 15 is 0 Å². The third kappa shape index (κ3) is 2.92. The van der Waals surface area contributed by atoms with Crippen LogP contribution in [-0.4, -0.2) is 48.0 Å². The van der Waals surface area contributed by atoms with Gasteiger partial charge in [0.25, 0.3) is 0 Å². The Balaban J connectivity index is 1.87. The van der Waals surface area contributed by atoms with Gasteiger partial charge in [-0.15, -0.1) is 0 Å². The fraction of sp³-hybridized carbons (Fsp3) is 0.917. The first-order valence-corrected chi connectivity index (χ1v) is 7.47. The van der Waals surface area contributed by atoms with E-state index < -0.39 is 0 Å². The van der Waals surface area contributed by atoms with E-state index in [9.17, 15) is 4.79 Å². The van der Waals surface area contributed by atoms with E-state index in [2.05, 4.69) is 17.1 Å². The minimum Gasteiger partial charge on any atom is -0.340 e. The number of rotatable bonds is 2. The van der Waals surface area contributed by atoms with Crippen molar-refractivity contribution in [1.82, 2.24) is 10.2 Å². The summed E-state index contributed by atoms with van der Waals surface area (Å²) in [5, 5.41) is 3.99. The molecule has 2 rings (SSSR count). The summed E-state index contributed by atoms with van der Waals surface area (Å²) in [6, 6.07) is 0. The second-order valence-electron chi connectivity index (χ2n) is 4.73. The molecule has 2 heterocycles. The molecule has 0 aliphatic carbocycles. The number of nitrogens with one attached hydrogen (secondary N) is 1. The first-order valence-electron chi connectivity index (χ1n) is 6.42. The van der Waals surface area contributed by atoms with Gasteiger partial charge in [-0.1, -0.05) is 6.92 Å². The van der Waals surface area contributed by atoms with Gasteiger partial charge in [0, 0.05) is 30.6 Å². The van der Waals surface area contributed by atoms with E-state index in [0.717, 1.165) is 44.8 Å². The van der Waals surface area contributed by atoms with Crippen LogP contribution in [0.1, 0.15) is 26.2 Å². The number of carbonyl (C=O) groups excluding carboxylic acids is 1. The maximum Gasteiger partial charge on any atom is 0.227 e. The second kappa shape index (κ2) is 5.92. The Morgan fingerprint density at radius 1 is 1.56 bits per heavy atom. The summed E-state index contributed by atoms with van der Waals surface area (Å²) in [5.74, 6) is 1.75.